The van der Waals surface area contributed by atoms with Crippen molar-refractivity contribution >= 4 is 50.7 Å². The summed E-state index contributed by atoms with van der Waals surface area (Å²) in [6.45, 7) is 3.72. The number of nitrogens with one attached hydrogen (secondary N) is 2. The first-order valence-corrected chi connectivity index (χ1v) is 12.0. The fourth-order valence-electron chi connectivity index (χ4n) is 5.32. The molecule has 0 amide bonds. The van der Waals surface area contributed by atoms with Crippen molar-refractivity contribution in [2.75, 3.05) is 31.6 Å². The lowest BCUT2D eigenvalue weighted by Crippen LogP contribution is -2.28. The van der Waals surface area contributed by atoms with Crippen molar-refractivity contribution in [1.29, 1.82) is 0 Å². The summed E-state index contributed by atoms with van der Waals surface area (Å²) < 4.78 is 6.48. The van der Waals surface area contributed by atoms with Crippen LogP contribution in [0.5, 0.6) is 5.75 Å². The van der Waals surface area contributed by atoms with E-state index in [1.807, 2.05) is 24.3 Å². The lowest BCUT2D eigenvalue weighted by Gasteiger charge is -2.17. The molecular weight excluding hydrogens is 443 g/mol. The van der Waals surface area contributed by atoms with Gasteiger partial charge < -0.3 is 25.7 Å². The van der Waals surface area contributed by atoms with E-state index in [0.717, 1.165) is 75.8 Å². The van der Waals surface area contributed by atoms with Crippen LogP contribution in [0.2, 0.25) is 5.02 Å². The van der Waals surface area contributed by atoms with Crippen molar-refractivity contribution in [3.63, 3.8) is 0 Å². The van der Waals surface area contributed by atoms with Crippen LogP contribution in [0.15, 0.2) is 47.5 Å². The average molecular weight is 469 g/mol. The van der Waals surface area contributed by atoms with Crippen molar-refractivity contribution < 1.29 is 4.74 Å². The topological polar surface area (TPSA) is 66.3 Å². The van der Waals surface area contributed by atoms with Gasteiger partial charge in [-0.1, -0.05) is 35.4 Å². The van der Waals surface area contributed by atoms with E-state index >= 15 is 0 Å². The summed E-state index contributed by atoms with van der Waals surface area (Å²) in [5.41, 5.74) is 10.4. The maximum Gasteiger partial charge on any atom is 0.166 e. The predicted octanol–water partition coefficient (Wildman–Crippen LogP) is 5.35. The number of hydrogen-bond donors (Lipinski definition) is 3. The van der Waals surface area contributed by atoms with E-state index in [-0.39, 0.29) is 12.0 Å². The molecule has 6 rings (SSSR count). The first-order chi connectivity index (χ1) is 15.6. The number of anilines is 1. The van der Waals surface area contributed by atoms with Crippen LogP contribution in [0.4, 0.5) is 5.69 Å². The van der Waals surface area contributed by atoms with Gasteiger partial charge in [-0.2, -0.15) is 0 Å². The van der Waals surface area contributed by atoms with Gasteiger partial charge in [-0.3, -0.25) is 0 Å². The molecule has 0 saturated carbocycles. The number of halogens is 2. The van der Waals surface area contributed by atoms with Gasteiger partial charge in [-0.25, -0.2) is 0 Å². The lowest BCUT2D eigenvalue weighted by molar-refractivity contribution is 0.264. The molecule has 166 valence electrons. The zero-order valence-corrected chi connectivity index (χ0v) is 19.2. The Hall–Kier alpha value is -2.18. The molecule has 1 aromatic heterocycles. The van der Waals surface area contributed by atoms with Crippen LogP contribution in [-0.2, 0) is 0 Å². The Labute approximate surface area is 197 Å². The molecule has 3 aliphatic rings. The second kappa shape index (κ2) is 7.99. The summed E-state index contributed by atoms with van der Waals surface area (Å²) in [5, 5.41) is 7.41. The molecule has 0 radical (unpaired) electrons. The molecule has 1 saturated heterocycles. The van der Waals surface area contributed by atoms with E-state index in [1.54, 1.807) is 0 Å². The van der Waals surface area contributed by atoms with E-state index in [2.05, 4.69) is 33.4 Å². The number of benzene rings is 2. The molecule has 4 N–H and O–H groups in total. The maximum atomic E-state index is 6.48. The minimum absolute atomic E-state index is 0.183. The van der Waals surface area contributed by atoms with Gasteiger partial charge in [0.2, 0.25) is 0 Å². The molecule has 3 aromatic rings. The average Bonchev–Trinajstić information content (AvgIpc) is 3.46. The number of H-pyrrole nitrogens is 1. The molecule has 2 aromatic carbocycles. The van der Waals surface area contributed by atoms with Crippen molar-refractivity contribution in [3.8, 4) is 5.75 Å². The van der Waals surface area contributed by atoms with Gasteiger partial charge in [0.1, 0.15) is 0 Å². The fraction of sp³-hybridized carbons (Fsp3) is 0.360. The highest BCUT2D eigenvalue weighted by Crippen LogP contribution is 2.49. The van der Waals surface area contributed by atoms with Crippen LogP contribution in [0, 0.1) is 0 Å². The number of allylic oxidation sites excluding steroid dienone is 2. The summed E-state index contributed by atoms with van der Waals surface area (Å²) >= 11 is 12.7. The first-order valence-electron chi connectivity index (χ1n) is 11.3. The molecule has 1 aliphatic carbocycles. The van der Waals surface area contributed by atoms with Crippen LogP contribution in [0.25, 0.3) is 21.8 Å². The highest BCUT2D eigenvalue weighted by molar-refractivity contribution is 6.32. The summed E-state index contributed by atoms with van der Waals surface area (Å²) in [6.07, 6.45) is 8.27. The molecule has 0 spiro atoms. The van der Waals surface area contributed by atoms with Gasteiger partial charge >= 0.3 is 0 Å². The van der Waals surface area contributed by atoms with E-state index in [9.17, 15) is 0 Å². The Balaban J connectivity index is 1.37. The normalized spacial score (nSPS) is 24.6. The number of aromatic nitrogens is 1. The van der Waals surface area contributed by atoms with Crippen LogP contribution in [0.3, 0.4) is 0 Å². The largest absolute Gasteiger partial charge is 0.489 e. The zero-order chi connectivity index (χ0) is 21.8. The van der Waals surface area contributed by atoms with E-state index in [1.165, 1.54) is 5.56 Å². The Morgan fingerprint density at radius 1 is 1.19 bits per heavy atom. The minimum atomic E-state index is 0.183. The number of fused-ring (bicyclic) bond motifs is 6. The summed E-state index contributed by atoms with van der Waals surface area (Å²) in [5.74, 6) is 1.07. The van der Waals surface area contributed by atoms with Gasteiger partial charge in [-0.15, -0.1) is 0 Å². The molecule has 2 aliphatic heterocycles. The van der Waals surface area contributed by atoms with E-state index in [4.69, 9.17) is 33.7 Å². The summed E-state index contributed by atoms with van der Waals surface area (Å²) in [4.78, 5) is 6.00. The lowest BCUT2D eigenvalue weighted by atomic mass is 9.90. The van der Waals surface area contributed by atoms with Crippen molar-refractivity contribution in [2.45, 2.75) is 30.8 Å². The maximum absolute atomic E-state index is 6.48. The number of ether oxygens (including phenoxy) is 1. The van der Waals surface area contributed by atoms with Crippen molar-refractivity contribution in [2.24, 2.45) is 5.73 Å². The summed E-state index contributed by atoms with van der Waals surface area (Å²) in [7, 11) is 0. The van der Waals surface area contributed by atoms with Gasteiger partial charge in [0.05, 0.1) is 23.9 Å². The van der Waals surface area contributed by atoms with Gasteiger partial charge in [0.25, 0.3) is 0 Å². The third-order valence-corrected chi connectivity index (χ3v) is 7.36. The molecular formula is C25H26Cl2N4O. The number of nitrogens with zero attached hydrogens (tertiary/aromatic N) is 1. The number of rotatable bonds is 5. The van der Waals surface area contributed by atoms with Crippen LogP contribution in [0.1, 0.15) is 24.3 Å². The molecule has 32 heavy (non-hydrogen) atoms. The number of likely N-dealkylation sites (tertiary alicyclic amines) is 1. The van der Waals surface area contributed by atoms with Crippen LogP contribution < -0.4 is 15.8 Å². The quantitative estimate of drug-likeness (QED) is 0.441. The Bertz CT molecular complexity index is 1260. The van der Waals surface area contributed by atoms with Gasteiger partial charge in [0.15, 0.2) is 5.75 Å². The fourth-order valence-corrected chi connectivity index (χ4v) is 5.70. The molecule has 0 bridgehead atoms. The van der Waals surface area contributed by atoms with Crippen LogP contribution >= 0.6 is 23.2 Å². The zero-order valence-electron chi connectivity index (χ0n) is 17.7. The van der Waals surface area contributed by atoms with E-state index in [0.29, 0.717) is 12.6 Å². The summed E-state index contributed by atoms with van der Waals surface area (Å²) in [6, 6.07) is 8.71. The highest BCUT2D eigenvalue weighted by atomic mass is 35.5. The standard InChI is InChI=1S/C25H26Cl2N4O/c26-14-2-4-21-17(10-14)19-12-20-18-11-15(27)3-5-22(18)30-24(20)25(23(19)29-21)32-9-1-7-31-8-6-16(28)13-31/h2-5,10-12,16-17,21,29-30H,1,6-9,13,28H2. The monoisotopic (exact) mass is 468 g/mol. The van der Waals surface area contributed by atoms with Crippen molar-refractivity contribution in [3.05, 3.63) is 58.1 Å². The number of hydrogen-bond acceptors (Lipinski definition) is 4. The third kappa shape index (κ3) is 3.48. The number of aromatic amines is 1. The SMILES string of the molecule is NC1CCN(CCCOc2c3c(cc4c2[nH]c2ccc(Cl)cc24)C2C=C(Cl)C=CC2N3)C1. The van der Waals surface area contributed by atoms with Crippen LogP contribution in [-0.4, -0.2) is 48.2 Å². The number of nitrogens with two attached hydrogens (primary N) is 1. The minimum Gasteiger partial charge on any atom is -0.489 e. The molecule has 1 fully saturated rings. The Morgan fingerprint density at radius 3 is 2.94 bits per heavy atom. The van der Waals surface area contributed by atoms with Gasteiger partial charge in [0, 0.05) is 51.4 Å². The van der Waals surface area contributed by atoms with E-state index < -0.39 is 0 Å². The van der Waals surface area contributed by atoms with Crippen molar-refractivity contribution in [1.82, 2.24) is 9.88 Å². The Morgan fingerprint density at radius 2 is 2.09 bits per heavy atom. The van der Waals surface area contributed by atoms with Gasteiger partial charge in [-0.05, 0) is 55.3 Å². The molecule has 3 unspecified atom stereocenters. The first kappa shape index (κ1) is 20.4. The third-order valence-electron chi connectivity index (χ3n) is 6.88. The second-order valence-corrected chi connectivity index (χ2v) is 9.94. The molecule has 3 heterocycles. The smallest absolute Gasteiger partial charge is 0.166 e. The Kier molecular flexibility index (Phi) is 5.10. The second-order valence-electron chi connectivity index (χ2n) is 9.07. The molecule has 5 nitrogen and oxygen atoms in total. The highest BCUT2D eigenvalue weighted by Gasteiger charge is 2.35. The molecule has 7 heteroatoms. The molecule has 3 atom stereocenters. The predicted molar refractivity (Wildman–Crippen MR) is 133 cm³/mol.